The van der Waals surface area contributed by atoms with Gasteiger partial charge in [-0.1, -0.05) is 33.3 Å². The Morgan fingerprint density at radius 1 is 1.56 bits per heavy atom. The van der Waals surface area contributed by atoms with E-state index in [0.29, 0.717) is 16.8 Å². The van der Waals surface area contributed by atoms with E-state index >= 15 is 0 Å². The summed E-state index contributed by atoms with van der Waals surface area (Å²) in [5.74, 6) is 0.520. The highest BCUT2D eigenvalue weighted by Crippen LogP contribution is 2.26. The predicted molar refractivity (Wildman–Crippen MR) is 66.9 cm³/mol. The van der Waals surface area contributed by atoms with Gasteiger partial charge in [0, 0.05) is 11.4 Å². The molecule has 1 aliphatic rings. The SMILES string of the molecule is O=C(NC1CCCCC1CBr)c1cnns1. The summed E-state index contributed by atoms with van der Waals surface area (Å²) in [5, 5.41) is 7.71. The van der Waals surface area contributed by atoms with E-state index in [1.807, 2.05) is 0 Å². The van der Waals surface area contributed by atoms with Crippen LogP contribution in [0.2, 0.25) is 0 Å². The third-order valence-corrected chi connectivity index (χ3v) is 4.50. The number of aromatic nitrogens is 2. The number of rotatable bonds is 3. The Labute approximate surface area is 107 Å². The van der Waals surface area contributed by atoms with Crippen molar-refractivity contribution in [1.29, 1.82) is 0 Å². The standard InChI is InChI=1S/C10H14BrN3OS/c11-5-7-3-1-2-4-8(7)13-10(15)9-6-12-14-16-9/h6-8H,1-5H2,(H,13,15). The van der Waals surface area contributed by atoms with Gasteiger partial charge >= 0.3 is 0 Å². The average Bonchev–Trinajstić information content (AvgIpc) is 2.83. The van der Waals surface area contributed by atoms with Gasteiger partial charge in [0.25, 0.3) is 5.91 Å². The molecule has 2 rings (SSSR count). The topological polar surface area (TPSA) is 54.9 Å². The second-order valence-corrected chi connectivity index (χ2v) is 5.49. The lowest BCUT2D eigenvalue weighted by molar-refractivity contribution is 0.0915. The van der Waals surface area contributed by atoms with Gasteiger partial charge in [-0.15, -0.1) is 5.10 Å². The predicted octanol–water partition coefficient (Wildman–Crippen LogP) is 2.22. The number of carbonyl (C=O) groups is 1. The highest BCUT2D eigenvalue weighted by atomic mass is 79.9. The fourth-order valence-electron chi connectivity index (χ4n) is 2.09. The molecule has 0 spiro atoms. The van der Waals surface area contributed by atoms with E-state index in [0.717, 1.165) is 23.3 Å². The number of halogens is 1. The lowest BCUT2D eigenvalue weighted by Crippen LogP contribution is -2.42. The molecule has 1 heterocycles. The van der Waals surface area contributed by atoms with Gasteiger partial charge in [-0.05, 0) is 30.3 Å². The Morgan fingerprint density at radius 2 is 2.38 bits per heavy atom. The quantitative estimate of drug-likeness (QED) is 0.871. The first-order valence-electron chi connectivity index (χ1n) is 5.45. The van der Waals surface area contributed by atoms with Crippen LogP contribution in [-0.2, 0) is 0 Å². The normalized spacial score (nSPS) is 25.3. The van der Waals surface area contributed by atoms with Crippen molar-refractivity contribution in [2.75, 3.05) is 5.33 Å². The summed E-state index contributed by atoms with van der Waals surface area (Å²) in [4.78, 5) is 12.4. The molecule has 0 bridgehead atoms. The van der Waals surface area contributed by atoms with Crippen LogP contribution in [0.1, 0.15) is 35.4 Å². The molecule has 4 nitrogen and oxygen atoms in total. The van der Waals surface area contributed by atoms with Crippen molar-refractivity contribution in [3.63, 3.8) is 0 Å². The second-order valence-electron chi connectivity index (χ2n) is 4.06. The van der Waals surface area contributed by atoms with Gasteiger partial charge in [-0.2, -0.15) is 0 Å². The third kappa shape index (κ3) is 2.79. The van der Waals surface area contributed by atoms with Crippen LogP contribution in [0.4, 0.5) is 0 Å². The molecule has 1 saturated carbocycles. The molecule has 1 aromatic rings. The number of hydrogen-bond donors (Lipinski definition) is 1. The zero-order valence-corrected chi connectivity index (χ0v) is 11.3. The van der Waals surface area contributed by atoms with E-state index in [1.54, 1.807) is 0 Å². The molecule has 2 unspecified atom stereocenters. The largest absolute Gasteiger partial charge is 0.348 e. The van der Waals surface area contributed by atoms with Crippen molar-refractivity contribution in [2.45, 2.75) is 31.7 Å². The third-order valence-electron chi connectivity index (χ3n) is 3.01. The molecule has 0 saturated heterocycles. The van der Waals surface area contributed by atoms with Crippen LogP contribution in [0.25, 0.3) is 0 Å². The zero-order chi connectivity index (χ0) is 11.4. The van der Waals surface area contributed by atoms with Crippen LogP contribution in [0.3, 0.4) is 0 Å². The van der Waals surface area contributed by atoms with Crippen LogP contribution in [-0.4, -0.2) is 26.9 Å². The van der Waals surface area contributed by atoms with Gasteiger partial charge < -0.3 is 5.32 Å². The molecule has 2 atom stereocenters. The van der Waals surface area contributed by atoms with Gasteiger partial charge in [0.15, 0.2) is 0 Å². The molecule has 0 radical (unpaired) electrons. The summed E-state index contributed by atoms with van der Waals surface area (Å²) >= 11 is 4.66. The smallest absolute Gasteiger partial charge is 0.264 e. The molecule has 0 aliphatic heterocycles. The Bertz CT molecular complexity index is 344. The molecule has 1 fully saturated rings. The monoisotopic (exact) mass is 303 g/mol. The van der Waals surface area contributed by atoms with Crippen LogP contribution < -0.4 is 5.32 Å². The number of nitrogens with zero attached hydrogens (tertiary/aromatic N) is 2. The fourth-order valence-corrected chi connectivity index (χ4v) is 3.28. The molecule has 6 heteroatoms. The molecule has 0 aromatic carbocycles. The number of carbonyl (C=O) groups excluding carboxylic acids is 1. The van der Waals surface area contributed by atoms with E-state index < -0.39 is 0 Å². The summed E-state index contributed by atoms with van der Waals surface area (Å²) in [6.45, 7) is 0. The molecular weight excluding hydrogens is 290 g/mol. The van der Waals surface area contributed by atoms with Crippen LogP contribution in [0.5, 0.6) is 0 Å². The fraction of sp³-hybridized carbons (Fsp3) is 0.700. The number of amides is 1. The molecule has 1 aromatic heterocycles. The Balaban J connectivity index is 1.95. The van der Waals surface area contributed by atoms with Gasteiger partial charge in [0.2, 0.25) is 0 Å². The summed E-state index contributed by atoms with van der Waals surface area (Å²) < 4.78 is 3.70. The van der Waals surface area contributed by atoms with E-state index in [9.17, 15) is 4.79 Å². The first kappa shape index (κ1) is 12.0. The van der Waals surface area contributed by atoms with Gasteiger partial charge in [0.1, 0.15) is 4.88 Å². The lowest BCUT2D eigenvalue weighted by Gasteiger charge is -2.30. The highest BCUT2D eigenvalue weighted by Gasteiger charge is 2.26. The lowest BCUT2D eigenvalue weighted by atomic mass is 9.86. The summed E-state index contributed by atoms with van der Waals surface area (Å²) in [5.41, 5.74) is 0. The maximum Gasteiger partial charge on any atom is 0.264 e. The van der Waals surface area contributed by atoms with Crippen LogP contribution >= 0.6 is 27.5 Å². The molecule has 16 heavy (non-hydrogen) atoms. The maximum absolute atomic E-state index is 11.8. The zero-order valence-electron chi connectivity index (χ0n) is 8.86. The van der Waals surface area contributed by atoms with E-state index in [1.165, 1.54) is 25.5 Å². The molecule has 1 N–H and O–H groups in total. The van der Waals surface area contributed by atoms with Crippen LogP contribution in [0, 0.1) is 5.92 Å². The Morgan fingerprint density at radius 3 is 3.06 bits per heavy atom. The highest BCUT2D eigenvalue weighted by molar-refractivity contribution is 9.09. The summed E-state index contributed by atoms with van der Waals surface area (Å²) in [6.07, 6.45) is 6.26. The summed E-state index contributed by atoms with van der Waals surface area (Å²) in [6, 6.07) is 0.294. The van der Waals surface area contributed by atoms with Crippen molar-refractivity contribution in [1.82, 2.24) is 14.9 Å². The number of alkyl halides is 1. The Kier molecular flexibility index (Phi) is 4.29. The minimum Gasteiger partial charge on any atom is -0.348 e. The second kappa shape index (κ2) is 5.72. The van der Waals surface area contributed by atoms with E-state index in [2.05, 4.69) is 30.8 Å². The first-order valence-corrected chi connectivity index (χ1v) is 7.35. The van der Waals surface area contributed by atoms with Crippen molar-refractivity contribution in [3.05, 3.63) is 11.1 Å². The minimum atomic E-state index is -0.0344. The van der Waals surface area contributed by atoms with Crippen molar-refractivity contribution in [3.8, 4) is 0 Å². The van der Waals surface area contributed by atoms with Crippen molar-refractivity contribution in [2.24, 2.45) is 5.92 Å². The number of hydrogen-bond acceptors (Lipinski definition) is 4. The van der Waals surface area contributed by atoms with Crippen molar-refractivity contribution < 1.29 is 4.79 Å². The van der Waals surface area contributed by atoms with Gasteiger partial charge in [-0.25, -0.2) is 0 Å². The Hall–Kier alpha value is -0.490. The molecule has 88 valence electrons. The van der Waals surface area contributed by atoms with Gasteiger partial charge in [0.05, 0.1) is 6.20 Å². The average molecular weight is 304 g/mol. The first-order chi connectivity index (χ1) is 7.81. The molecule has 1 aliphatic carbocycles. The van der Waals surface area contributed by atoms with E-state index in [4.69, 9.17) is 0 Å². The molecular formula is C10H14BrN3OS. The summed E-state index contributed by atoms with van der Waals surface area (Å²) in [7, 11) is 0. The van der Waals surface area contributed by atoms with Gasteiger partial charge in [-0.3, -0.25) is 4.79 Å². The maximum atomic E-state index is 11.8. The van der Waals surface area contributed by atoms with Crippen molar-refractivity contribution >= 4 is 33.4 Å². The van der Waals surface area contributed by atoms with E-state index in [-0.39, 0.29) is 5.91 Å². The van der Waals surface area contributed by atoms with Crippen LogP contribution in [0.15, 0.2) is 6.20 Å². The number of nitrogens with one attached hydrogen (secondary N) is 1. The molecule has 1 amide bonds. The minimum absolute atomic E-state index is 0.0344.